The second kappa shape index (κ2) is 6.58. The highest BCUT2D eigenvalue weighted by atomic mass is 16.5. The van der Waals surface area contributed by atoms with Crippen molar-refractivity contribution in [1.82, 2.24) is 9.13 Å². The van der Waals surface area contributed by atoms with Gasteiger partial charge in [-0.1, -0.05) is 30.3 Å². The standard InChI is InChI=1S/C19H19N3O2/c1-21-17(14-6-4-3-5-7-14)12-22(19(21)20)13-18(23)15-8-10-16(24-2)11-9-15/h3-12,20H,13H2,1-2H3. The lowest BCUT2D eigenvalue weighted by Crippen LogP contribution is -2.25. The largest absolute Gasteiger partial charge is 0.497 e. The second-order valence-electron chi connectivity index (χ2n) is 5.54. The average Bonchev–Trinajstić information content (AvgIpc) is 2.91. The number of Topliss-reactive ketones (excluding diaryl/α,β-unsaturated/α-hetero) is 1. The zero-order valence-electron chi connectivity index (χ0n) is 13.7. The number of carbonyl (C=O) groups excluding carboxylic acids is 1. The third-order valence-electron chi connectivity index (χ3n) is 4.02. The molecule has 0 saturated carbocycles. The smallest absolute Gasteiger partial charge is 0.202 e. The number of ketones is 1. The molecular weight excluding hydrogens is 302 g/mol. The maximum absolute atomic E-state index is 12.5. The highest BCUT2D eigenvalue weighted by molar-refractivity contribution is 5.96. The van der Waals surface area contributed by atoms with Crippen LogP contribution in [0.1, 0.15) is 10.4 Å². The van der Waals surface area contributed by atoms with Crippen molar-refractivity contribution in [2.45, 2.75) is 6.54 Å². The molecule has 3 aromatic rings. The quantitative estimate of drug-likeness (QED) is 0.735. The lowest BCUT2D eigenvalue weighted by molar-refractivity contribution is 0.0970. The predicted octanol–water partition coefficient (Wildman–Crippen LogP) is 2.86. The molecule has 0 aliphatic carbocycles. The molecule has 1 aromatic heterocycles. The van der Waals surface area contributed by atoms with Gasteiger partial charge in [0.25, 0.3) is 0 Å². The van der Waals surface area contributed by atoms with Crippen molar-refractivity contribution < 1.29 is 9.53 Å². The minimum absolute atomic E-state index is 0.0404. The van der Waals surface area contributed by atoms with Gasteiger partial charge in [-0.05, 0) is 29.8 Å². The Morgan fingerprint density at radius 2 is 1.75 bits per heavy atom. The third-order valence-corrected chi connectivity index (χ3v) is 4.02. The molecule has 0 aliphatic rings. The summed E-state index contributed by atoms with van der Waals surface area (Å²) in [5, 5.41) is 8.24. The number of hydrogen-bond acceptors (Lipinski definition) is 3. The van der Waals surface area contributed by atoms with Gasteiger partial charge in [0.05, 0.1) is 19.3 Å². The van der Waals surface area contributed by atoms with Gasteiger partial charge in [0.1, 0.15) is 5.75 Å². The number of rotatable bonds is 5. The summed E-state index contributed by atoms with van der Waals surface area (Å²) in [5.41, 5.74) is 2.82. The van der Waals surface area contributed by atoms with Gasteiger partial charge in [-0.3, -0.25) is 10.2 Å². The van der Waals surface area contributed by atoms with Gasteiger partial charge in [-0.2, -0.15) is 0 Å². The van der Waals surface area contributed by atoms with E-state index in [1.54, 1.807) is 40.5 Å². The van der Waals surface area contributed by atoms with E-state index >= 15 is 0 Å². The Labute approximate surface area is 140 Å². The molecule has 0 saturated heterocycles. The van der Waals surface area contributed by atoms with E-state index in [0.717, 1.165) is 11.3 Å². The normalized spacial score (nSPS) is 10.6. The van der Waals surface area contributed by atoms with Gasteiger partial charge in [-0.15, -0.1) is 0 Å². The summed E-state index contributed by atoms with van der Waals surface area (Å²) in [4.78, 5) is 12.5. The molecule has 0 radical (unpaired) electrons. The maximum atomic E-state index is 12.5. The van der Waals surface area contributed by atoms with Crippen LogP contribution in [0.4, 0.5) is 0 Å². The van der Waals surface area contributed by atoms with Crippen LogP contribution in [0.5, 0.6) is 5.75 Å². The van der Waals surface area contributed by atoms with Crippen LogP contribution in [-0.2, 0) is 13.6 Å². The van der Waals surface area contributed by atoms with Crippen LogP contribution in [0.3, 0.4) is 0 Å². The van der Waals surface area contributed by atoms with E-state index in [0.29, 0.717) is 11.3 Å². The van der Waals surface area contributed by atoms with Crippen molar-refractivity contribution in [2.75, 3.05) is 7.11 Å². The predicted molar refractivity (Wildman–Crippen MR) is 92.0 cm³/mol. The molecule has 0 amide bonds. The number of nitrogens with zero attached hydrogens (tertiary/aromatic N) is 2. The molecule has 1 heterocycles. The molecule has 0 fully saturated rings. The first-order chi connectivity index (χ1) is 11.6. The fourth-order valence-electron chi connectivity index (χ4n) is 2.62. The third kappa shape index (κ3) is 3.01. The molecule has 122 valence electrons. The fraction of sp³-hybridized carbons (Fsp3) is 0.158. The molecule has 1 N–H and O–H groups in total. The number of hydrogen-bond donors (Lipinski definition) is 1. The van der Waals surface area contributed by atoms with Crippen molar-refractivity contribution in [3.05, 3.63) is 72.0 Å². The first-order valence-corrected chi connectivity index (χ1v) is 7.63. The minimum Gasteiger partial charge on any atom is -0.497 e. The molecule has 5 nitrogen and oxygen atoms in total. The van der Waals surface area contributed by atoms with Gasteiger partial charge in [0, 0.05) is 18.8 Å². The number of methoxy groups -OCH3 is 1. The summed E-state index contributed by atoms with van der Waals surface area (Å²) >= 11 is 0. The molecule has 0 aliphatic heterocycles. The minimum atomic E-state index is -0.0404. The number of carbonyl (C=O) groups is 1. The van der Waals surface area contributed by atoms with Gasteiger partial charge in [-0.25, -0.2) is 0 Å². The Hall–Kier alpha value is -3.08. The van der Waals surface area contributed by atoms with Crippen LogP contribution >= 0.6 is 0 Å². The SMILES string of the molecule is COc1ccc(C(=O)Cn2cc(-c3ccccc3)n(C)c2=N)cc1. The van der Waals surface area contributed by atoms with E-state index in [1.807, 2.05) is 43.6 Å². The summed E-state index contributed by atoms with van der Waals surface area (Å²) < 4.78 is 8.54. The molecule has 24 heavy (non-hydrogen) atoms. The number of benzene rings is 2. The van der Waals surface area contributed by atoms with E-state index < -0.39 is 0 Å². The van der Waals surface area contributed by atoms with Crippen LogP contribution in [0.15, 0.2) is 60.8 Å². The Morgan fingerprint density at radius 1 is 1.08 bits per heavy atom. The zero-order valence-corrected chi connectivity index (χ0v) is 13.7. The Bertz CT molecular complexity index is 906. The average molecular weight is 321 g/mol. The van der Waals surface area contributed by atoms with Gasteiger partial charge in [0.2, 0.25) is 5.62 Å². The molecule has 0 unspecified atom stereocenters. The van der Waals surface area contributed by atoms with Gasteiger partial charge < -0.3 is 13.9 Å². The summed E-state index contributed by atoms with van der Waals surface area (Å²) in [7, 11) is 3.42. The fourth-order valence-corrected chi connectivity index (χ4v) is 2.62. The lowest BCUT2D eigenvalue weighted by Gasteiger charge is -2.04. The number of nitrogens with one attached hydrogen (secondary N) is 1. The maximum Gasteiger partial charge on any atom is 0.202 e. The summed E-state index contributed by atoms with van der Waals surface area (Å²) in [5.74, 6) is 0.674. The summed E-state index contributed by atoms with van der Waals surface area (Å²) in [6.45, 7) is 0.131. The van der Waals surface area contributed by atoms with E-state index in [9.17, 15) is 4.79 Å². The van der Waals surface area contributed by atoms with Gasteiger partial charge >= 0.3 is 0 Å². The topological polar surface area (TPSA) is 60.0 Å². The molecule has 0 bridgehead atoms. The first kappa shape index (κ1) is 15.8. The van der Waals surface area contributed by atoms with Crippen LogP contribution in [0.2, 0.25) is 0 Å². The van der Waals surface area contributed by atoms with Crippen molar-refractivity contribution in [3.63, 3.8) is 0 Å². The van der Waals surface area contributed by atoms with Crippen LogP contribution in [0.25, 0.3) is 11.3 Å². The Balaban J connectivity index is 1.87. The monoisotopic (exact) mass is 321 g/mol. The Kier molecular flexibility index (Phi) is 4.33. The zero-order chi connectivity index (χ0) is 17.1. The first-order valence-electron chi connectivity index (χ1n) is 7.63. The molecule has 3 rings (SSSR count). The molecule has 5 heteroatoms. The van der Waals surface area contributed by atoms with E-state index in [4.69, 9.17) is 10.1 Å². The second-order valence-corrected chi connectivity index (χ2v) is 5.54. The summed E-state index contributed by atoms with van der Waals surface area (Å²) in [6.07, 6.45) is 1.85. The highest BCUT2D eigenvalue weighted by Crippen LogP contribution is 2.17. The van der Waals surface area contributed by atoms with Crippen LogP contribution in [-0.4, -0.2) is 22.0 Å². The van der Waals surface area contributed by atoms with Crippen molar-refractivity contribution in [1.29, 1.82) is 5.41 Å². The van der Waals surface area contributed by atoms with E-state index in [2.05, 4.69) is 0 Å². The number of aromatic nitrogens is 2. The van der Waals surface area contributed by atoms with Crippen molar-refractivity contribution >= 4 is 5.78 Å². The summed E-state index contributed by atoms with van der Waals surface area (Å²) in [6, 6.07) is 16.9. The highest BCUT2D eigenvalue weighted by Gasteiger charge is 2.12. The molecule has 0 atom stereocenters. The van der Waals surface area contributed by atoms with Crippen molar-refractivity contribution in [2.24, 2.45) is 7.05 Å². The van der Waals surface area contributed by atoms with Gasteiger partial charge in [0.15, 0.2) is 5.78 Å². The van der Waals surface area contributed by atoms with E-state index in [1.165, 1.54) is 0 Å². The van der Waals surface area contributed by atoms with Crippen LogP contribution in [0, 0.1) is 5.41 Å². The van der Waals surface area contributed by atoms with E-state index in [-0.39, 0.29) is 17.9 Å². The van der Waals surface area contributed by atoms with Crippen LogP contribution < -0.4 is 10.4 Å². The molecule has 2 aromatic carbocycles. The Morgan fingerprint density at radius 3 is 2.38 bits per heavy atom. The molecular formula is C19H19N3O2. The molecule has 0 spiro atoms. The number of ether oxygens (including phenoxy) is 1. The van der Waals surface area contributed by atoms with Crippen molar-refractivity contribution in [3.8, 4) is 17.0 Å². The lowest BCUT2D eigenvalue weighted by atomic mass is 10.1. The number of imidazole rings is 1.